The maximum atomic E-state index is 13.0. The molecule has 1 amide bonds. The molecule has 1 atom stereocenters. The number of carboxylic acid groups (broad SMARTS) is 1. The number of rotatable bonds is 7. The first-order chi connectivity index (χ1) is 14.3. The lowest BCUT2D eigenvalue weighted by atomic mass is 9.77. The number of nitrogens with zero attached hydrogens (tertiary/aromatic N) is 2. The van der Waals surface area contributed by atoms with Crippen LogP contribution in [0.4, 0.5) is 4.79 Å². The Balaban J connectivity index is 1.57. The average Bonchev–Trinajstić information content (AvgIpc) is 3.20. The lowest BCUT2D eigenvalue weighted by molar-refractivity contribution is -0.151. The largest absolute Gasteiger partial charge is 0.481 e. The summed E-state index contributed by atoms with van der Waals surface area (Å²) in [7, 11) is -3.59. The summed E-state index contributed by atoms with van der Waals surface area (Å²) >= 11 is 0. The fourth-order valence-electron chi connectivity index (χ4n) is 4.31. The number of ether oxygens (including phenoxy) is 1. The molecule has 0 bridgehead atoms. The Labute approximate surface area is 177 Å². The Morgan fingerprint density at radius 3 is 2.43 bits per heavy atom. The molecule has 2 saturated heterocycles. The molecule has 0 aromatic heterocycles. The molecule has 30 heavy (non-hydrogen) atoms. The van der Waals surface area contributed by atoms with Gasteiger partial charge in [0, 0.05) is 19.6 Å². The van der Waals surface area contributed by atoms with E-state index < -0.39 is 33.5 Å². The lowest BCUT2D eigenvalue weighted by Crippen LogP contribution is -2.49. The van der Waals surface area contributed by atoms with Gasteiger partial charge in [-0.15, -0.1) is 0 Å². The molecule has 8 nitrogen and oxygen atoms in total. The van der Waals surface area contributed by atoms with E-state index in [-0.39, 0.29) is 25.4 Å². The highest BCUT2D eigenvalue weighted by Crippen LogP contribution is 2.36. The second-order valence-corrected chi connectivity index (χ2v) is 10.2. The average molecular weight is 439 g/mol. The smallest absolute Gasteiger partial charge is 0.410 e. The summed E-state index contributed by atoms with van der Waals surface area (Å²) in [6, 6.07) is 8.92. The third-order valence-electron chi connectivity index (χ3n) is 6.42. The number of aliphatic carboxylic acids is 1. The van der Waals surface area contributed by atoms with E-state index in [9.17, 15) is 23.1 Å². The van der Waals surface area contributed by atoms with Crippen molar-refractivity contribution in [3.05, 3.63) is 35.9 Å². The number of carboxylic acids is 1. The molecule has 166 valence electrons. The molecule has 1 aromatic carbocycles. The highest BCUT2D eigenvalue weighted by atomic mass is 32.2. The Morgan fingerprint density at radius 1 is 1.17 bits per heavy atom. The molecule has 9 heteroatoms. The first-order valence-electron chi connectivity index (χ1n) is 10.5. The molecule has 2 heterocycles. The minimum absolute atomic E-state index is 0.149. The van der Waals surface area contributed by atoms with Crippen LogP contribution in [0.3, 0.4) is 0 Å². The van der Waals surface area contributed by atoms with Gasteiger partial charge in [0.2, 0.25) is 10.0 Å². The maximum Gasteiger partial charge on any atom is 0.410 e. The zero-order valence-electron chi connectivity index (χ0n) is 17.3. The highest BCUT2D eigenvalue weighted by Gasteiger charge is 2.43. The molecular formula is C21H30N2O6S. The predicted molar refractivity (Wildman–Crippen MR) is 111 cm³/mol. The molecule has 0 spiro atoms. The number of hydrogen-bond donors (Lipinski definition) is 1. The topological polar surface area (TPSA) is 104 Å². The van der Waals surface area contributed by atoms with Crippen molar-refractivity contribution in [2.24, 2.45) is 5.41 Å². The second-order valence-electron chi connectivity index (χ2n) is 8.15. The standard InChI is InChI=1S/C21H30N2O6S/c1-2-21(19(24)25)10-13-22(14-11-21)30(27,28)16-18-9-6-12-23(18)20(26)29-15-17-7-4-3-5-8-17/h3-5,7-8,18H,2,6,9-16H2,1H3,(H,24,25). The fourth-order valence-corrected chi connectivity index (χ4v) is 6.09. The summed E-state index contributed by atoms with van der Waals surface area (Å²) in [5.41, 5.74) is 0.0347. The van der Waals surface area contributed by atoms with Crippen molar-refractivity contribution in [1.82, 2.24) is 9.21 Å². The SMILES string of the molecule is CCC1(C(=O)O)CCN(S(=O)(=O)CC2CCCN2C(=O)OCc2ccccc2)CC1. The highest BCUT2D eigenvalue weighted by molar-refractivity contribution is 7.89. The van der Waals surface area contributed by atoms with Gasteiger partial charge in [-0.25, -0.2) is 17.5 Å². The first kappa shape index (κ1) is 22.6. The van der Waals surface area contributed by atoms with Gasteiger partial charge in [-0.05, 0) is 37.7 Å². The number of carbonyl (C=O) groups is 2. The molecule has 0 radical (unpaired) electrons. The number of hydrogen-bond acceptors (Lipinski definition) is 5. The fraction of sp³-hybridized carbons (Fsp3) is 0.619. The molecule has 1 N–H and O–H groups in total. The van der Waals surface area contributed by atoms with Crippen LogP contribution in [0, 0.1) is 5.41 Å². The number of likely N-dealkylation sites (tertiary alicyclic amines) is 1. The van der Waals surface area contributed by atoms with Crippen LogP contribution in [-0.2, 0) is 26.2 Å². The van der Waals surface area contributed by atoms with E-state index in [0.29, 0.717) is 32.2 Å². The molecule has 1 unspecified atom stereocenters. The summed E-state index contributed by atoms with van der Waals surface area (Å²) in [6.07, 6.45) is 1.96. The van der Waals surface area contributed by atoms with Crippen molar-refractivity contribution in [2.75, 3.05) is 25.4 Å². The van der Waals surface area contributed by atoms with Crippen LogP contribution in [0.2, 0.25) is 0 Å². The van der Waals surface area contributed by atoms with Crippen LogP contribution in [0.15, 0.2) is 30.3 Å². The van der Waals surface area contributed by atoms with Crippen LogP contribution in [0.1, 0.15) is 44.6 Å². The first-order valence-corrected chi connectivity index (χ1v) is 12.1. The number of benzene rings is 1. The van der Waals surface area contributed by atoms with E-state index in [2.05, 4.69) is 0 Å². The van der Waals surface area contributed by atoms with Crippen molar-refractivity contribution < 1.29 is 27.9 Å². The molecule has 1 aromatic rings. The van der Waals surface area contributed by atoms with Crippen molar-refractivity contribution in [3.63, 3.8) is 0 Å². The van der Waals surface area contributed by atoms with Crippen LogP contribution in [0.5, 0.6) is 0 Å². The quantitative estimate of drug-likeness (QED) is 0.702. The Kier molecular flexibility index (Phi) is 7.02. The minimum Gasteiger partial charge on any atom is -0.481 e. The molecule has 0 aliphatic carbocycles. The minimum atomic E-state index is -3.59. The van der Waals surface area contributed by atoms with Crippen LogP contribution in [0.25, 0.3) is 0 Å². The van der Waals surface area contributed by atoms with Gasteiger partial charge in [0.05, 0.1) is 17.2 Å². The van der Waals surface area contributed by atoms with E-state index in [1.165, 1.54) is 9.21 Å². The summed E-state index contributed by atoms with van der Waals surface area (Å²) in [5, 5.41) is 9.51. The van der Waals surface area contributed by atoms with Crippen LogP contribution < -0.4 is 0 Å². The molecule has 2 aliphatic rings. The van der Waals surface area contributed by atoms with Crippen LogP contribution in [-0.4, -0.2) is 66.2 Å². The van der Waals surface area contributed by atoms with Crippen molar-refractivity contribution in [1.29, 1.82) is 0 Å². The molecule has 3 rings (SSSR count). The van der Waals surface area contributed by atoms with E-state index in [4.69, 9.17) is 4.74 Å². The van der Waals surface area contributed by atoms with E-state index in [0.717, 1.165) is 12.0 Å². The van der Waals surface area contributed by atoms with Crippen molar-refractivity contribution in [2.45, 2.75) is 51.7 Å². The van der Waals surface area contributed by atoms with Gasteiger partial charge < -0.3 is 14.7 Å². The van der Waals surface area contributed by atoms with Gasteiger partial charge in [-0.2, -0.15) is 0 Å². The zero-order chi connectivity index (χ0) is 21.8. The molecule has 2 fully saturated rings. The third-order valence-corrected chi connectivity index (χ3v) is 8.38. The van der Waals surface area contributed by atoms with E-state index >= 15 is 0 Å². The molecule has 0 saturated carbocycles. The number of sulfonamides is 1. The van der Waals surface area contributed by atoms with Gasteiger partial charge in [0.15, 0.2) is 0 Å². The predicted octanol–water partition coefficient (Wildman–Crippen LogP) is 2.69. The summed E-state index contributed by atoms with van der Waals surface area (Å²) in [4.78, 5) is 25.6. The van der Waals surface area contributed by atoms with Gasteiger partial charge in [-0.1, -0.05) is 37.3 Å². The Morgan fingerprint density at radius 2 is 1.83 bits per heavy atom. The molecule has 2 aliphatic heterocycles. The zero-order valence-corrected chi connectivity index (χ0v) is 18.1. The van der Waals surface area contributed by atoms with E-state index in [1.807, 2.05) is 37.3 Å². The number of amides is 1. The Bertz CT molecular complexity index is 850. The van der Waals surface area contributed by atoms with Gasteiger partial charge in [-0.3, -0.25) is 4.79 Å². The summed E-state index contributed by atoms with van der Waals surface area (Å²) in [5.74, 6) is -1.01. The van der Waals surface area contributed by atoms with Crippen molar-refractivity contribution >= 4 is 22.1 Å². The van der Waals surface area contributed by atoms with E-state index in [1.54, 1.807) is 0 Å². The summed E-state index contributed by atoms with van der Waals surface area (Å²) in [6.45, 7) is 2.86. The number of piperidine rings is 1. The Hall–Kier alpha value is -2.13. The lowest BCUT2D eigenvalue weighted by Gasteiger charge is -2.38. The van der Waals surface area contributed by atoms with Gasteiger partial charge >= 0.3 is 12.1 Å². The molecular weight excluding hydrogens is 408 g/mol. The van der Waals surface area contributed by atoms with Gasteiger partial charge in [0.1, 0.15) is 6.61 Å². The summed E-state index contributed by atoms with van der Waals surface area (Å²) < 4.78 is 32.7. The maximum absolute atomic E-state index is 13.0. The second kappa shape index (κ2) is 9.34. The van der Waals surface area contributed by atoms with Crippen LogP contribution >= 0.6 is 0 Å². The monoisotopic (exact) mass is 438 g/mol. The normalized spacial score (nSPS) is 22.0. The number of carbonyl (C=O) groups excluding carboxylic acids is 1. The van der Waals surface area contributed by atoms with Crippen molar-refractivity contribution in [3.8, 4) is 0 Å². The third kappa shape index (κ3) is 4.95. The van der Waals surface area contributed by atoms with Gasteiger partial charge in [0.25, 0.3) is 0 Å².